The molecule has 0 spiro atoms. The van der Waals surface area contributed by atoms with Crippen LogP contribution < -0.4 is 0 Å². The average molecular weight is 439 g/mol. The summed E-state index contributed by atoms with van der Waals surface area (Å²) >= 11 is 0. The van der Waals surface area contributed by atoms with E-state index in [0.29, 0.717) is 0 Å². The van der Waals surface area contributed by atoms with Gasteiger partial charge in [0.05, 0.1) is 0 Å². The van der Waals surface area contributed by atoms with Gasteiger partial charge < -0.3 is 0 Å². The van der Waals surface area contributed by atoms with Crippen LogP contribution in [-0.4, -0.2) is 0 Å². The van der Waals surface area contributed by atoms with Gasteiger partial charge in [0.2, 0.25) is 0 Å². The molecule has 0 N–H and O–H groups in total. The molecule has 0 bridgehead atoms. The predicted molar refractivity (Wildman–Crippen MR) is 147 cm³/mol. The highest BCUT2D eigenvalue weighted by Gasteiger charge is 2.42. The van der Waals surface area contributed by atoms with Gasteiger partial charge in [-0.3, -0.25) is 0 Å². The first-order valence-electron chi connectivity index (χ1n) is 12.9. The summed E-state index contributed by atoms with van der Waals surface area (Å²) in [5.41, 5.74) is 9.04. The van der Waals surface area contributed by atoms with E-state index in [1.165, 1.54) is 73.6 Å². The summed E-state index contributed by atoms with van der Waals surface area (Å²) in [4.78, 5) is 0. The van der Waals surface area contributed by atoms with E-state index in [1.54, 1.807) is 11.1 Å². The van der Waals surface area contributed by atoms with Crippen molar-refractivity contribution in [3.8, 4) is 11.1 Å². The average Bonchev–Trinajstić information content (AvgIpc) is 3.06. The van der Waals surface area contributed by atoms with E-state index >= 15 is 0 Å². The number of aryl methyl sites for hydroxylation is 2. The van der Waals surface area contributed by atoms with E-state index in [9.17, 15) is 0 Å². The molecular weight excluding hydrogens is 396 g/mol. The van der Waals surface area contributed by atoms with Crippen LogP contribution in [0.2, 0.25) is 0 Å². The minimum atomic E-state index is 0.163. The Balaban J connectivity index is 1.82. The standard InChI is InChI=1S/C33H42/c1-5-7-9-11-13-15-17-23-33(24-18-16-14-12-10-8-6-2)31-25-27(3)19-21-29(31)30-22-20-28(4)26-32(30)33/h5-10,19-22,25-26H,1-2,11-18,23-24H2,3-4H3. The number of hydrogen-bond acceptors (Lipinski definition) is 0. The zero-order chi connectivity index (χ0) is 23.5. The van der Waals surface area contributed by atoms with Crippen LogP contribution in [0.1, 0.15) is 86.5 Å². The number of fused-ring (bicyclic) bond motifs is 3. The van der Waals surface area contributed by atoms with E-state index in [1.807, 2.05) is 12.2 Å². The molecule has 174 valence electrons. The first-order valence-corrected chi connectivity index (χ1v) is 12.9. The van der Waals surface area contributed by atoms with Gasteiger partial charge in [-0.2, -0.15) is 0 Å². The smallest absolute Gasteiger partial charge is 0.0215 e. The van der Waals surface area contributed by atoms with E-state index < -0.39 is 0 Å². The normalized spacial score (nSPS) is 14.0. The third kappa shape index (κ3) is 6.26. The molecule has 0 unspecified atom stereocenters. The van der Waals surface area contributed by atoms with Gasteiger partial charge >= 0.3 is 0 Å². The number of rotatable bonds is 14. The molecule has 1 aliphatic rings. The number of allylic oxidation sites excluding steroid dienone is 6. The van der Waals surface area contributed by atoms with Crippen molar-refractivity contribution in [2.24, 2.45) is 0 Å². The molecule has 0 heterocycles. The topological polar surface area (TPSA) is 0 Å². The van der Waals surface area contributed by atoms with Gasteiger partial charge in [0, 0.05) is 5.41 Å². The summed E-state index contributed by atoms with van der Waals surface area (Å²) in [6.07, 6.45) is 24.9. The van der Waals surface area contributed by atoms with Crippen LogP contribution in [0.5, 0.6) is 0 Å². The zero-order valence-corrected chi connectivity index (χ0v) is 20.9. The summed E-state index contributed by atoms with van der Waals surface area (Å²) in [6.45, 7) is 12.0. The lowest BCUT2D eigenvalue weighted by molar-refractivity contribution is 0.402. The number of benzene rings is 2. The summed E-state index contributed by atoms with van der Waals surface area (Å²) < 4.78 is 0. The molecule has 0 nitrogen and oxygen atoms in total. The minimum absolute atomic E-state index is 0.163. The first kappa shape index (κ1) is 25.0. The fourth-order valence-electron chi connectivity index (χ4n) is 5.50. The van der Waals surface area contributed by atoms with Crippen molar-refractivity contribution in [3.63, 3.8) is 0 Å². The van der Waals surface area contributed by atoms with E-state index in [4.69, 9.17) is 0 Å². The molecule has 2 aromatic carbocycles. The second-order valence-corrected chi connectivity index (χ2v) is 9.71. The third-order valence-electron chi connectivity index (χ3n) is 7.16. The molecule has 2 aromatic rings. The maximum atomic E-state index is 3.77. The van der Waals surface area contributed by atoms with Gasteiger partial charge in [-0.05, 0) is 74.6 Å². The van der Waals surface area contributed by atoms with Gasteiger partial charge in [-0.25, -0.2) is 0 Å². The van der Waals surface area contributed by atoms with Gasteiger partial charge in [0.1, 0.15) is 0 Å². The molecule has 0 heteroatoms. The minimum Gasteiger partial charge on any atom is -0.0991 e. The molecular formula is C33H42. The quantitative estimate of drug-likeness (QED) is 0.203. The SMILES string of the molecule is C=CC=CCCCCCC1(CCCCCC=CC=C)c2cc(C)ccc2-c2ccc(C)cc21. The lowest BCUT2D eigenvalue weighted by Crippen LogP contribution is -2.25. The maximum Gasteiger partial charge on any atom is 0.0215 e. The van der Waals surface area contributed by atoms with Crippen LogP contribution in [0.4, 0.5) is 0 Å². The highest BCUT2D eigenvalue weighted by atomic mass is 14.4. The van der Waals surface area contributed by atoms with Crippen molar-refractivity contribution in [1.29, 1.82) is 0 Å². The van der Waals surface area contributed by atoms with Crippen molar-refractivity contribution in [3.05, 3.63) is 108 Å². The van der Waals surface area contributed by atoms with Crippen LogP contribution in [0.15, 0.2) is 86.0 Å². The maximum absolute atomic E-state index is 3.77. The number of hydrogen-bond donors (Lipinski definition) is 0. The van der Waals surface area contributed by atoms with Crippen molar-refractivity contribution < 1.29 is 0 Å². The van der Waals surface area contributed by atoms with Crippen molar-refractivity contribution in [2.45, 2.75) is 83.5 Å². The second-order valence-electron chi connectivity index (χ2n) is 9.71. The van der Waals surface area contributed by atoms with E-state index in [2.05, 4.69) is 87.7 Å². The van der Waals surface area contributed by atoms with Crippen molar-refractivity contribution in [2.75, 3.05) is 0 Å². The van der Waals surface area contributed by atoms with Crippen LogP contribution in [0.25, 0.3) is 11.1 Å². The fraction of sp³-hybridized carbons (Fsp3) is 0.394. The van der Waals surface area contributed by atoms with Gasteiger partial charge in [-0.15, -0.1) is 0 Å². The molecule has 0 saturated carbocycles. The molecule has 0 atom stereocenters. The first-order chi connectivity index (χ1) is 16.1. The molecule has 0 radical (unpaired) electrons. The monoisotopic (exact) mass is 438 g/mol. The molecule has 0 aliphatic heterocycles. The Bertz CT molecular complexity index is 904. The van der Waals surface area contributed by atoms with Crippen LogP contribution in [-0.2, 0) is 5.41 Å². The van der Waals surface area contributed by atoms with Gasteiger partial charge in [-0.1, -0.05) is 123 Å². The second kappa shape index (κ2) is 12.6. The van der Waals surface area contributed by atoms with Gasteiger partial charge in [0.25, 0.3) is 0 Å². The molecule has 33 heavy (non-hydrogen) atoms. The van der Waals surface area contributed by atoms with Crippen LogP contribution in [0, 0.1) is 13.8 Å². The van der Waals surface area contributed by atoms with Gasteiger partial charge in [0.15, 0.2) is 0 Å². The molecule has 0 saturated heterocycles. The Labute approximate surface area is 202 Å². The Morgan fingerprint density at radius 1 is 0.636 bits per heavy atom. The molecule has 0 aromatic heterocycles. The number of unbranched alkanes of at least 4 members (excludes halogenated alkanes) is 6. The molecule has 0 fully saturated rings. The molecule has 3 rings (SSSR count). The fourth-order valence-corrected chi connectivity index (χ4v) is 5.50. The zero-order valence-electron chi connectivity index (χ0n) is 20.9. The lowest BCUT2D eigenvalue weighted by Gasteiger charge is -2.33. The van der Waals surface area contributed by atoms with Crippen molar-refractivity contribution >= 4 is 0 Å². The van der Waals surface area contributed by atoms with E-state index in [0.717, 1.165) is 12.8 Å². The summed E-state index contributed by atoms with van der Waals surface area (Å²) in [5.74, 6) is 0. The summed E-state index contributed by atoms with van der Waals surface area (Å²) in [7, 11) is 0. The highest BCUT2D eigenvalue weighted by molar-refractivity contribution is 5.81. The Morgan fingerprint density at radius 3 is 1.52 bits per heavy atom. The summed E-state index contributed by atoms with van der Waals surface area (Å²) in [5, 5.41) is 0. The van der Waals surface area contributed by atoms with Crippen LogP contribution >= 0.6 is 0 Å². The highest BCUT2D eigenvalue weighted by Crippen LogP contribution is 2.54. The largest absolute Gasteiger partial charge is 0.0991 e. The molecule has 1 aliphatic carbocycles. The third-order valence-corrected chi connectivity index (χ3v) is 7.16. The predicted octanol–water partition coefficient (Wildman–Crippen LogP) is 9.96. The Kier molecular flexibility index (Phi) is 9.55. The van der Waals surface area contributed by atoms with Crippen molar-refractivity contribution in [1.82, 2.24) is 0 Å². The molecule has 0 amide bonds. The lowest BCUT2D eigenvalue weighted by atomic mass is 9.70. The van der Waals surface area contributed by atoms with Crippen LogP contribution in [0.3, 0.4) is 0 Å². The summed E-state index contributed by atoms with van der Waals surface area (Å²) in [6, 6.07) is 14.3. The Morgan fingerprint density at radius 2 is 1.09 bits per heavy atom. The van der Waals surface area contributed by atoms with E-state index in [-0.39, 0.29) is 5.41 Å². The Hall–Kier alpha value is -2.60.